The summed E-state index contributed by atoms with van der Waals surface area (Å²) in [5.74, 6) is 0. The van der Waals surface area contributed by atoms with Crippen molar-refractivity contribution in [1.82, 2.24) is 0 Å². The zero-order valence-corrected chi connectivity index (χ0v) is 5.96. The van der Waals surface area contributed by atoms with Crippen LogP contribution >= 0.6 is 0 Å². The van der Waals surface area contributed by atoms with Gasteiger partial charge in [0.25, 0.3) is 0 Å². The summed E-state index contributed by atoms with van der Waals surface area (Å²) >= 11 is 0. The first kappa shape index (κ1) is 6.93. The van der Waals surface area contributed by atoms with Crippen molar-refractivity contribution in [3.8, 4) is 0 Å². The van der Waals surface area contributed by atoms with Gasteiger partial charge < -0.3 is 5.41 Å². The lowest BCUT2D eigenvalue weighted by Gasteiger charge is -1.96. The second-order valence-corrected chi connectivity index (χ2v) is 2.19. The predicted octanol–water partition coefficient (Wildman–Crippen LogP) is 1.59. The normalized spacial score (nSPS) is 16.3. The molecule has 0 fully saturated rings. The number of nitrogens with zero attached hydrogens (tertiary/aromatic N) is 1. The molecule has 0 aromatic rings. The van der Waals surface area contributed by atoms with Gasteiger partial charge >= 0.3 is 0 Å². The number of aliphatic imine (C=N–C) groups is 1. The molecule has 1 aliphatic heterocycles. The quantitative estimate of drug-likeness (QED) is 0.529. The van der Waals surface area contributed by atoms with E-state index >= 15 is 0 Å². The van der Waals surface area contributed by atoms with E-state index < -0.39 is 0 Å². The van der Waals surface area contributed by atoms with Gasteiger partial charge in [-0.1, -0.05) is 12.2 Å². The Labute approximate surface area is 60.5 Å². The monoisotopic (exact) mass is 134 g/mol. The van der Waals surface area contributed by atoms with E-state index in [0.717, 1.165) is 5.57 Å². The number of nitrogens with one attached hydrogen (secondary N) is 1. The molecular weight excluding hydrogens is 124 g/mol. The van der Waals surface area contributed by atoms with Crippen LogP contribution in [0, 0.1) is 5.41 Å². The van der Waals surface area contributed by atoms with Gasteiger partial charge in [-0.05, 0) is 18.6 Å². The van der Waals surface area contributed by atoms with Gasteiger partial charge in [0.1, 0.15) is 0 Å². The molecule has 2 heteroatoms. The van der Waals surface area contributed by atoms with E-state index in [4.69, 9.17) is 5.41 Å². The van der Waals surface area contributed by atoms with Gasteiger partial charge in [-0.25, -0.2) is 0 Å². The van der Waals surface area contributed by atoms with Crippen LogP contribution in [-0.2, 0) is 0 Å². The summed E-state index contributed by atoms with van der Waals surface area (Å²) in [5.41, 5.74) is 1.59. The molecule has 0 aliphatic carbocycles. The molecule has 1 aliphatic rings. The van der Waals surface area contributed by atoms with Crippen molar-refractivity contribution in [2.24, 2.45) is 4.99 Å². The molecule has 52 valence electrons. The Kier molecular flexibility index (Phi) is 2.15. The standard InChI is InChI=1S/C8H10N2/c1-7(9)8-4-2-3-5-10-6-8/h2-5,9H,6H2,1H3. The van der Waals surface area contributed by atoms with Crippen LogP contribution < -0.4 is 0 Å². The molecule has 1 N–H and O–H groups in total. The van der Waals surface area contributed by atoms with Crippen LogP contribution in [-0.4, -0.2) is 18.5 Å². The summed E-state index contributed by atoms with van der Waals surface area (Å²) in [6.45, 7) is 2.42. The molecule has 0 spiro atoms. The molecule has 0 bridgehead atoms. The molecule has 1 heterocycles. The van der Waals surface area contributed by atoms with Gasteiger partial charge in [0.2, 0.25) is 0 Å². The number of allylic oxidation sites excluding steroid dienone is 3. The van der Waals surface area contributed by atoms with E-state index in [2.05, 4.69) is 4.99 Å². The molecule has 2 nitrogen and oxygen atoms in total. The lowest BCUT2D eigenvalue weighted by Crippen LogP contribution is -1.97. The van der Waals surface area contributed by atoms with Crippen LogP contribution in [0.2, 0.25) is 0 Å². The SMILES string of the molecule is CC(=N)C1=CC=CC=NC1. The summed E-state index contributed by atoms with van der Waals surface area (Å²) in [5, 5.41) is 7.31. The van der Waals surface area contributed by atoms with Crippen molar-refractivity contribution in [2.45, 2.75) is 6.92 Å². The Balaban J connectivity index is 2.78. The van der Waals surface area contributed by atoms with Crippen LogP contribution in [0.25, 0.3) is 0 Å². The van der Waals surface area contributed by atoms with Crippen molar-refractivity contribution in [3.63, 3.8) is 0 Å². The summed E-state index contributed by atoms with van der Waals surface area (Å²) in [6.07, 6.45) is 7.46. The molecule has 0 amide bonds. The van der Waals surface area contributed by atoms with Crippen LogP contribution in [0.5, 0.6) is 0 Å². The fraction of sp³-hybridized carbons (Fsp3) is 0.250. The summed E-state index contributed by atoms with van der Waals surface area (Å²) < 4.78 is 0. The molecule has 0 aromatic heterocycles. The maximum atomic E-state index is 7.31. The fourth-order valence-corrected chi connectivity index (χ4v) is 0.730. The van der Waals surface area contributed by atoms with E-state index in [1.807, 2.05) is 18.2 Å². The summed E-state index contributed by atoms with van der Waals surface area (Å²) in [6, 6.07) is 0. The molecule has 0 aromatic carbocycles. The largest absolute Gasteiger partial charge is 0.305 e. The third-order valence-electron chi connectivity index (χ3n) is 1.34. The maximum absolute atomic E-state index is 7.31. The minimum atomic E-state index is 0.601. The summed E-state index contributed by atoms with van der Waals surface area (Å²) in [7, 11) is 0. The molecule has 1 rings (SSSR count). The van der Waals surface area contributed by atoms with Crippen LogP contribution in [0.3, 0.4) is 0 Å². The molecule has 0 saturated carbocycles. The second-order valence-electron chi connectivity index (χ2n) is 2.19. The highest BCUT2D eigenvalue weighted by atomic mass is 14.7. The third-order valence-corrected chi connectivity index (χ3v) is 1.34. The first-order valence-electron chi connectivity index (χ1n) is 3.22. The topological polar surface area (TPSA) is 36.2 Å². The highest BCUT2D eigenvalue weighted by Gasteiger charge is 1.96. The van der Waals surface area contributed by atoms with E-state index in [1.54, 1.807) is 13.1 Å². The van der Waals surface area contributed by atoms with Crippen molar-refractivity contribution in [1.29, 1.82) is 5.41 Å². The van der Waals surface area contributed by atoms with Crippen LogP contribution in [0.4, 0.5) is 0 Å². The van der Waals surface area contributed by atoms with Gasteiger partial charge in [0.15, 0.2) is 0 Å². The van der Waals surface area contributed by atoms with Crippen LogP contribution in [0.1, 0.15) is 6.92 Å². The van der Waals surface area contributed by atoms with Crippen LogP contribution in [0.15, 0.2) is 28.8 Å². The Hall–Kier alpha value is -1.18. The van der Waals surface area contributed by atoms with Gasteiger partial charge in [0.05, 0.1) is 6.54 Å². The maximum Gasteiger partial charge on any atom is 0.0657 e. The first-order valence-corrected chi connectivity index (χ1v) is 3.22. The minimum Gasteiger partial charge on any atom is -0.305 e. The van der Waals surface area contributed by atoms with Gasteiger partial charge in [-0.2, -0.15) is 0 Å². The predicted molar refractivity (Wildman–Crippen MR) is 44.0 cm³/mol. The van der Waals surface area contributed by atoms with Crippen molar-refractivity contribution in [3.05, 3.63) is 23.8 Å². The second kappa shape index (κ2) is 3.11. The molecule has 0 radical (unpaired) electrons. The Bertz CT molecular complexity index is 221. The number of hydrogen-bond acceptors (Lipinski definition) is 2. The van der Waals surface area contributed by atoms with Crippen molar-refractivity contribution >= 4 is 11.9 Å². The molecule has 10 heavy (non-hydrogen) atoms. The molecular formula is C8H10N2. The Morgan fingerprint density at radius 1 is 1.60 bits per heavy atom. The van der Waals surface area contributed by atoms with Crippen molar-refractivity contribution < 1.29 is 0 Å². The average Bonchev–Trinajstić information content (AvgIpc) is 2.12. The average molecular weight is 134 g/mol. The highest BCUT2D eigenvalue weighted by molar-refractivity contribution is 5.97. The number of rotatable bonds is 1. The van der Waals surface area contributed by atoms with E-state index in [0.29, 0.717) is 12.3 Å². The minimum absolute atomic E-state index is 0.601. The van der Waals surface area contributed by atoms with Gasteiger partial charge in [-0.15, -0.1) is 0 Å². The van der Waals surface area contributed by atoms with E-state index in [1.165, 1.54) is 0 Å². The third kappa shape index (κ3) is 1.65. The molecule has 0 unspecified atom stereocenters. The van der Waals surface area contributed by atoms with Gasteiger partial charge in [0, 0.05) is 11.9 Å². The smallest absolute Gasteiger partial charge is 0.0657 e. The number of hydrogen-bond donors (Lipinski definition) is 1. The molecule has 0 saturated heterocycles. The van der Waals surface area contributed by atoms with Crippen molar-refractivity contribution in [2.75, 3.05) is 6.54 Å². The van der Waals surface area contributed by atoms with E-state index in [-0.39, 0.29) is 0 Å². The lowest BCUT2D eigenvalue weighted by atomic mass is 10.1. The fourth-order valence-electron chi connectivity index (χ4n) is 0.730. The van der Waals surface area contributed by atoms with E-state index in [9.17, 15) is 0 Å². The first-order chi connectivity index (χ1) is 4.80. The molecule has 0 atom stereocenters. The van der Waals surface area contributed by atoms with Gasteiger partial charge in [-0.3, -0.25) is 4.99 Å². The Morgan fingerprint density at radius 3 is 3.10 bits per heavy atom. The lowest BCUT2D eigenvalue weighted by molar-refractivity contribution is 1.20. The summed E-state index contributed by atoms with van der Waals surface area (Å²) in [4.78, 5) is 4.05. The zero-order valence-electron chi connectivity index (χ0n) is 5.96. The zero-order chi connectivity index (χ0) is 7.40. The highest BCUT2D eigenvalue weighted by Crippen LogP contribution is 2.00. The Morgan fingerprint density at radius 2 is 2.40 bits per heavy atom.